The van der Waals surface area contributed by atoms with E-state index in [2.05, 4.69) is 19.2 Å². The zero-order valence-electron chi connectivity index (χ0n) is 20.9. The predicted molar refractivity (Wildman–Crippen MR) is 134 cm³/mol. The van der Waals surface area contributed by atoms with E-state index in [0.29, 0.717) is 18.2 Å². The molecule has 1 aliphatic heterocycles. The molecule has 0 aliphatic carbocycles. The first-order chi connectivity index (χ1) is 15.9. The van der Waals surface area contributed by atoms with E-state index in [1.165, 1.54) is 17.0 Å². The third-order valence-electron chi connectivity index (χ3n) is 6.44. The summed E-state index contributed by atoms with van der Waals surface area (Å²) in [6.45, 7) is 11.5. The van der Waals surface area contributed by atoms with Crippen molar-refractivity contribution in [3.05, 3.63) is 59.2 Å². The highest BCUT2D eigenvalue weighted by atomic mass is 32.2. The van der Waals surface area contributed by atoms with Crippen LogP contribution in [-0.4, -0.2) is 49.7 Å². The first kappa shape index (κ1) is 25.9. The van der Waals surface area contributed by atoms with Crippen LogP contribution in [0.4, 0.5) is 5.69 Å². The summed E-state index contributed by atoms with van der Waals surface area (Å²) in [5.74, 6) is -0.411. The normalized spacial score (nSPS) is 19.5. The van der Waals surface area contributed by atoms with Gasteiger partial charge in [-0.2, -0.15) is 4.31 Å². The largest absolute Gasteiger partial charge is 0.354 e. The van der Waals surface area contributed by atoms with Crippen LogP contribution < -0.4 is 10.2 Å². The smallest absolute Gasteiger partial charge is 0.247 e. The molecule has 0 saturated carbocycles. The topological polar surface area (TPSA) is 86.8 Å². The summed E-state index contributed by atoms with van der Waals surface area (Å²) < 4.78 is 28.0. The molecule has 1 unspecified atom stereocenters. The molecular formula is C26H35N3O4S. The van der Waals surface area contributed by atoms with E-state index in [1.54, 1.807) is 19.1 Å². The molecule has 3 rings (SSSR count). The van der Waals surface area contributed by atoms with Crippen LogP contribution >= 0.6 is 0 Å². The Hall–Kier alpha value is -2.71. The van der Waals surface area contributed by atoms with Gasteiger partial charge in [-0.25, -0.2) is 8.42 Å². The average molecular weight is 486 g/mol. The number of rotatable bonds is 7. The molecule has 1 fully saturated rings. The first-order valence-corrected chi connectivity index (χ1v) is 13.1. The molecule has 0 aromatic heterocycles. The van der Waals surface area contributed by atoms with Crippen molar-refractivity contribution in [1.82, 2.24) is 9.62 Å². The minimum Gasteiger partial charge on any atom is -0.354 e. The van der Waals surface area contributed by atoms with Gasteiger partial charge in [0.1, 0.15) is 5.54 Å². The van der Waals surface area contributed by atoms with Crippen LogP contribution in [0.1, 0.15) is 43.9 Å². The number of benzene rings is 2. The summed E-state index contributed by atoms with van der Waals surface area (Å²) in [5, 5.41) is 2.94. The average Bonchev–Trinajstić information content (AvgIpc) is 2.75. The number of piperazine rings is 1. The lowest BCUT2D eigenvalue weighted by Gasteiger charge is -2.46. The Balaban J connectivity index is 2.02. The summed E-state index contributed by atoms with van der Waals surface area (Å²) in [6, 6.07) is 12.1. The van der Waals surface area contributed by atoms with Crippen molar-refractivity contribution in [3.63, 3.8) is 0 Å². The van der Waals surface area contributed by atoms with Gasteiger partial charge < -0.3 is 5.32 Å². The van der Waals surface area contributed by atoms with E-state index >= 15 is 0 Å². The Bertz CT molecular complexity index is 1180. The Labute approximate surface area is 203 Å². The fourth-order valence-electron chi connectivity index (χ4n) is 4.13. The molecule has 8 heteroatoms. The molecule has 2 aromatic carbocycles. The monoisotopic (exact) mass is 485 g/mol. The van der Waals surface area contributed by atoms with Gasteiger partial charge in [-0.15, -0.1) is 0 Å². The van der Waals surface area contributed by atoms with E-state index in [0.717, 1.165) is 27.4 Å². The third kappa shape index (κ3) is 5.18. The van der Waals surface area contributed by atoms with Crippen LogP contribution in [0.3, 0.4) is 0 Å². The number of hydrogen-bond acceptors (Lipinski definition) is 4. The van der Waals surface area contributed by atoms with Crippen molar-refractivity contribution in [2.45, 2.75) is 58.4 Å². The van der Waals surface area contributed by atoms with Crippen molar-refractivity contribution >= 4 is 27.5 Å². The van der Waals surface area contributed by atoms with Crippen LogP contribution in [0.2, 0.25) is 0 Å². The highest BCUT2D eigenvalue weighted by Gasteiger charge is 2.51. The van der Waals surface area contributed by atoms with Crippen LogP contribution in [-0.2, 0) is 19.6 Å². The van der Waals surface area contributed by atoms with Gasteiger partial charge in [0.15, 0.2) is 0 Å². The number of carbonyl (C=O) groups is 2. The molecule has 0 bridgehead atoms. The zero-order chi connectivity index (χ0) is 25.3. The van der Waals surface area contributed by atoms with E-state index in [-0.39, 0.29) is 23.9 Å². The second-order valence-corrected chi connectivity index (χ2v) is 11.7. The minimum atomic E-state index is -3.96. The molecule has 0 radical (unpaired) electrons. The molecule has 184 valence electrons. The maximum Gasteiger partial charge on any atom is 0.247 e. The molecule has 2 aromatic rings. The molecule has 0 spiro atoms. The number of sulfonamides is 1. The van der Waals surface area contributed by atoms with Crippen molar-refractivity contribution in [3.8, 4) is 0 Å². The van der Waals surface area contributed by atoms with Crippen LogP contribution in [0.5, 0.6) is 0 Å². The van der Waals surface area contributed by atoms with Gasteiger partial charge in [-0.3, -0.25) is 14.5 Å². The standard InChI is InChI=1S/C26H35N3O4S/c1-18(2)13-14-27-25(31)26(6)17-28(34(32,33)23-11-7-19(3)8-12-23)16-24(30)29(26)22-10-9-20(4)21(5)15-22/h7-12,15,18H,13-14,16-17H2,1-6H3,(H,27,31). The minimum absolute atomic E-state index is 0.105. The van der Waals surface area contributed by atoms with Gasteiger partial charge in [0.05, 0.1) is 11.4 Å². The molecule has 1 atom stereocenters. The Morgan fingerprint density at radius 2 is 1.71 bits per heavy atom. The van der Waals surface area contributed by atoms with Gasteiger partial charge in [0, 0.05) is 18.8 Å². The number of hydrogen-bond donors (Lipinski definition) is 1. The van der Waals surface area contributed by atoms with Gasteiger partial charge >= 0.3 is 0 Å². The number of anilines is 1. The molecule has 1 N–H and O–H groups in total. The quantitative estimate of drug-likeness (QED) is 0.650. The van der Waals surface area contributed by atoms with E-state index in [9.17, 15) is 18.0 Å². The number of nitrogens with one attached hydrogen (secondary N) is 1. The fraction of sp³-hybridized carbons (Fsp3) is 0.462. The maximum absolute atomic E-state index is 13.5. The Kier molecular flexibility index (Phi) is 7.53. The highest BCUT2D eigenvalue weighted by molar-refractivity contribution is 7.89. The van der Waals surface area contributed by atoms with Gasteiger partial charge in [0.2, 0.25) is 21.8 Å². The molecule has 7 nitrogen and oxygen atoms in total. The number of carbonyl (C=O) groups excluding carboxylic acids is 2. The second-order valence-electron chi connectivity index (χ2n) is 9.80. The molecule has 2 amide bonds. The lowest BCUT2D eigenvalue weighted by atomic mass is 9.93. The molecule has 1 aliphatic rings. The van der Waals surface area contributed by atoms with Crippen molar-refractivity contribution < 1.29 is 18.0 Å². The number of amides is 2. The Morgan fingerprint density at radius 3 is 2.29 bits per heavy atom. The van der Waals surface area contributed by atoms with Crippen LogP contribution in [0.25, 0.3) is 0 Å². The van der Waals surface area contributed by atoms with E-state index < -0.39 is 21.5 Å². The lowest BCUT2D eigenvalue weighted by molar-refractivity contribution is -0.132. The maximum atomic E-state index is 13.5. The van der Waals surface area contributed by atoms with Gasteiger partial charge in [-0.05, 0) is 75.4 Å². The fourth-order valence-corrected chi connectivity index (χ4v) is 5.61. The zero-order valence-corrected chi connectivity index (χ0v) is 21.7. The Morgan fingerprint density at radius 1 is 1.06 bits per heavy atom. The molecular weight excluding hydrogens is 450 g/mol. The first-order valence-electron chi connectivity index (χ1n) is 11.6. The second kappa shape index (κ2) is 9.88. The van der Waals surface area contributed by atoms with E-state index in [1.807, 2.05) is 39.0 Å². The van der Waals surface area contributed by atoms with Crippen molar-refractivity contribution in [2.75, 3.05) is 24.5 Å². The summed E-state index contributed by atoms with van der Waals surface area (Å²) in [7, 11) is -3.96. The predicted octanol–water partition coefficient (Wildman–Crippen LogP) is 3.57. The summed E-state index contributed by atoms with van der Waals surface area (Å²) in [5.41, 5.74) is 2.17. The summed E-state index contributed by atoms with van der Waals surface area (Å²) >= 11 is 0. The van der Waals surface area contributed by atoms with Crippen molar-refractivity contribution in [1.29, 1.82) is 0 Å². The lowest BCUT2D eigenvalue weighted by Crippen LogP contribution is -2.70. The molecule has 1 saturated heterocycles. The van der Waals surface area contributed by atoms with Crippen LogP contribution in [0, 0.1) is 26.7 Å². The molecule has 34 heavy (non-hydrogen) atoms. The van der Waals surface area contributed by atoms with Gasteiger partial charge in [0.25, 0.3) is 0 Å². The number of aryl methyl sites for hydroxylation is 3. The van der Waals surface area contributed by atoms with Gasteiger partial charge in [-0.1, -0.05) is 37.6 Å². The molecule has 1 heterocycles. The SMILES string of the molecule is Cc1ccc(S(=O)(=O)N2CC(=O)N(c3ccc(C)c(C)c3)C(C)(C(=O)NCCC(C)C)C2)cc1. The van der Waals surface area contributed by atoms with E-state index in [4.69, 9.17) is 0 Å². The highest BCUT2D eigenvalue weighted by Crippen LogP contribution is 2.33. The summed E-state index contributed by atoms with van der Waals surface area (Å²) in [4.78, 5) is 28.6. The number of nitrogens with zero attached hydrogens (tertiary/aromatic N) is 2. The van der Waals surface area contributed by atoms with Crippen molar-refractivity contribution in [2.24, 2.45) is 5.92 Å². The van der Waals surface area contributed by atoms with Crippen LogP contribution in [0.15, 0.2) is 47.4 Å². The third-order valence-corrected chi connectivity index (χ3v) is 8.25. The summed E-state index contributed by atoms with van der Waals surface area (Å²) in [6.07, 6.45) is 0.783.